The minimum atomic E-state index is -0.885. The van der Waals surface area contributed by atoms with E-state index in [0.717, 1.165) is 11.3 Å². The Morgan fingerprint density at radius 3 is 2.90 bits per heavy atom. The van der Waals surface area contributed by atoms with Crippen LogP contribution in [0.15, 0.2) is 30.5 Å². The lowest BCUT2D eigenvalue weighted by Gasteiger charge is -2.16. The molecule has 1 atom stereocenters. The number of nitrogens with one attached hydrogen (secondary N) is 1. The van der Waals surface area contributed by atoms with Crippen LogP contribution < -0.4 is 5.32 Å². The molecule has 1 N–H and O–H groups in total. The SMILES string of the molecule is CCOC(=O)C(Nc1ccccc1F)c1ncc(Cl)s1. The molecule has 0 saturated heterocycles. The van der Waals surface area contributed by atoms with E-state index in [2.05, 4.69) is 10.3 Å². The molecule has 1 aromatic heterocycles. The van der Waals surface area contributed by atoms with Crippen molar-refractivity contribution in [3.63, 3.8) is 0 Å². The molecule has 0 saturated carbocycles. The number of halogens is 2. The Balaban J connectivity index is 2.27. The maximum atomic E-state index is 13.7. The predicted molar refractivity (Wildman–Crippen MR) is 76.5 cm³/mol. The molecule has 106 valence electrons. The summed E-state index contributed by atoms with van der Waals surface area (Å²) in [6.45, 7) is 1.93. The van der Waals surface area contributed by atoms with Crippen LogP contribution in [0.2, 0.25) is 4.34 Å². The van der Waals surface area contributed by atoms with Crippen molar-refractivity contribution in [2.45, 2.75) is 13.0 Å². The van der Waals surface area contributed by atoms with Gasteiger partial charge in [-0.1, -0.05) is 23.7 Å². The van der Waals surface area contributed by atoms with Crippen molar-refractivity contribution in [3.8, 4) is 0 Å². The zero-order valence-corrected chi connectivity index (χ0v) is 12.2. The normalized spacial score (nSPS) is 11.9. The molecule has 0 aliphatic heterocycles. The first-order chi connectivity index (χ1) is 9.61. The number of aromatic nitrogens is 1. The van der Waals surface area contributed by atoms with Gasteiger partial charge < -0.3 is 10.1 Å². The van der Waals surface area contributed by atoms with E-state index in [-0.39, 0.29) is 12.3 Å². The van der Waals surface area contributed by atoms with Gasteiger partial charge in [-0.3, -0.25) is 0 Å². The highest BCUT2D eigenvalue weighted by Crippen LogP contribution is 2.28. The van der Waals surface area contributed by atoms with Crippen LogP contribution in [0.3, 0.4) is 0 Å². The van der Waals surface area contributed by atoms with Crippen molar-refractivity contribution in [1.29, 1.82) is 0 Å². The number of rotatable bonds is 5. The second kappa shape index (κ2) is 6.67. The molecule has 2 aromatic rings. The van der Waals surface area contributed by atoms with Crippen molar-refractivity contribution in [1.82, 2.24) is 4.98 Å². The van der Waals surface area contributed by atoms with Crippen LogP contribution in [-0.2, 0) is 9.53 Å². The van der Waals surface area contributed by atoms with Crippen molar-refractivity contribution in [2.24, 2.45) is 0 Å². The number of carbonyl (C=O) groups excluding carboxylic acids is 1. The lowest BCUT2D eigenvalue weighted by molar-refractivity contribution is -0.144. The summed E-state index contributed by atoms with van der Waals surface area (Å²) in [5, 5.41) is 3.23. The molecule has 0 aliphatic carbocycles. The lowest BCUT2D eigenvalue weighted by Crippen LogP contribution is -2.23. The first-order valence-electron chi connectivity index (χ1n) is 5.90. The first-order valence-corrected chi connectivity index (χ1v) is 7.10. The Morgan fingerprint density at radius 1 is 1.55 bits per heavy atom. The van der Waals surface area contributed by atoms with Gasteiger partial charge in [-0.05, 0) is 19.1 Å². The predicted octanol–water partition coefficient (Wildman–Crippen LogP) is 3.65. The largest absolute Gasteiger partial charge is 0.464 e. The molecule has 0 fully saturated rings. The summed E-state index contributed by atoms with van der Waals surface area (Å²) in [5.41, 5.74) is 0.205. The average Bonchev–Trinajstić information content (AvgIpc) is 2.84. The van der Waals surface area contributed by atoms with Gasteiger partial charge in [0.05, 0.1) is 18.5 Å². The van der Waals surface area contributed by atoms with Crippen LogP contribution in [0.1, 0.15) is 18.0 Å². The van der Waals surface area contributed by atoms with Crippen molar-refractivity contribution < 1.29 is 13.9 Å². The van der Waals surface area contributed by atoms with Gasteiger partial charge in [0.15, 0.2) is 6.04 Å². The molecule has 1 unspecified atom stereocenters. The molecule has 1 aromatic carbocycles. The fourth-order valence-electron chi connectivity index (χ4n) is 1.58. The van der Waals surface area contributed by atoms with Crippen molar-refractivity contribution in [2.75, 3.05) is 11.9 Å². The molecule has 0 amide bonds. The third kappa shape index (κ3) is 3.46. The lowest BCUT2D eigenvalue weighted by atomic mass is 10.2. The zero-order chi connectivity index (χ0) is 14.5. The summed E-state index contributed by atoms with van der Waals surface area (Å²) in [5.74, 6) is -0.980. The van der Waals surface area contributed by atoms with Crippen LogP contribution in [0.25, 0.3) is 0 Å². The summed E-state index contributed by atoms with van der Waals surface area (Å²) in [7, 11) is 0. The zero-order valence-electron chi connectivity index (χ0n) is 10.6. The minimum Gasteiger partial charge on any atom is -0.464 e. The number of nitrogens with zero attached hydrogens (tertiary/aromatic N) is 1. The summed E-state index contributed by atoms with van der Waals surface area (Å²) >= 11 is 6.97. The van der Waals surface area contributed by atoms with Crippen molar-refractivity contribution >= 4 is 34.6 Å². The van der Waals surface area contributed by atoms with E-state index in [9.17, 15) is 9.18 Å². The summed E-state index contributed by atoms with van der Waals surface area (Å²) in [6.07, 6.45) is 1.44. The second-order valence-corrected chi connectivity index (χ2v) is 5.51. The number of hydrogen-bond donors (Lipinski definition) is 1. The Morgan fingerprint density at radius 2 is 2.30 bits per heavy atom. The maximum absolute atomic E-state index is 13.7. The van der Waals surface area contributed by atoms with Crippen molar-refractivity contribution in [3.05, 3.63) is 45.6 Å². The highest BCUT2D eigenvalue weighted by Gasteiger charge is 2.26. The molecule has 7 heteroatoms. The average molecular weight is 315 g/mol. The fourth-order valence-corrected chi connectivity index (χ4v) is 2.55. The van der Waals surface area contributed by atoms with E-state index in [1.54, 1.807) is 19.1 Å². The summed E-state index contributed by atoms with van der Waals surface area (Å²) in [6, 6.07) is 5.20. The van der Waals surface area contributed by atoms with Gasteiger partial charge in [0, 0.05) is 0 Å². The topological polar surface area (TPSA) is 51.2 Å². The Kier molecular flexibility index (Phi) is 4.92. The highest BCUT2D eigenvalue weighted by atomic mass is 35.5. The number of esters is 1. The van der Waals surface area contributed by atoms with Crippen LogP contribution in [0.4, 0.5) is 10.1 Å². The van der Waals surface area contributed by atoms with Crippen LogP contribution in [-0.4, -0.2) is 17.6 Å². The van der Waals surface area contributed by atoms with E-state index in [0.29, 0.717) is 9.34 Å². The molecule has 0 radical (unpaired) electrons. The third-order valence-corrected chi connectivity index (χ3v) is 3.62. The summed E-state index contributed by atoms with van der Waals surface area (Å²) in [4.78, 5) is 16.0. The standard InChI is InChI=1S/C13H12ClFN2O2S/c1-2-19-13(18)11(12-16-7-10(14)20-12)17-9-6-4-3-5-8(9)15/h3-7,11,17H,2H2,1H3. The van der Waals surface area contributed by atoms with Crippen LogP contribution in [0.5, 0.6) is 0 Å². The molecule has 2 rings (SSSR count). The number of benzene rings is 1. The van der Waals surface area contributed by atoms with E-state index >= 15 is 0 Å². The quantitative estimate of drug-likeness (QED) is 0.856. The van der Waals surface area contributed by atoms with E-state index in [4.69, 9.17) is 16.3 Å². The monoisotopic (exact) mass is 314 g/mol. The third-order valence-electron chi connectivity index (χ3n) is 2.44. The molecule has 0 aliphatic rings. The molecule has 20 heavy (non-hydrogen) atoms. The Hall–Kier alpha value is -1.66. The maximum Gasteiger partial charge on any atom is 0.335 e. The highest BCUT2D eigenvalue weighted by molar-refractivity contribution is 7.16. The minimum absolute atomic E-state index is 0.205. The van der Waals surface area contributed by atoms with Gasteiger partial charge in [0.25, 0.3) is 0 Å². The Bertz CT molecular complexity index is 606. The fraction of sp³-hybridized carbons (Fsp3) is 0.231. The van der Waals surface area contributed by atoms with Crippen LogP contribution in [0, 0.1) is 5.82 Å². The number of carbonyl (C=O) groups is 1. The number of thiazole rings is 1. The summed E-state index contributed by atoms with van der Waals surface area (Å²) < 4.78 is 19.1. The van der Waals surface area contributed by atoms with E-state index in [1.807, 2.05) is 0 Å². The van der Waals surface area contributed by atoms with Gasteiger partial charge >= 0.3 is 5.97 Å². The molecular weight excluding hydrogens is 303 g/mol. The van der Waals surface area contributed by atoms with Gasteiger partial charge in [-0.25, -0.2) is 14.2 Å². The van der Waals surface area contributed by atoms with Gasteiger partial charge in [-0.2, -0.15) is 0 Å². The Labute approximate surface area is 124 Å². The number of para-hydroxylation sites is 1. The van der Waals surface area contributed by atoms with Gasteiger partial charge in [0.1, 0.15) is 15.2 Å². The molecule has 0 spiro atoms. The van der Waals surface area contributed by atoms with Crippen LogP contribution >= 0.6 is 22.9 Å². The molecule has 0 bridgehead atoms. The number of anilines is 1. The second-order valence-electron chi connectivity index (χ2n) is 3.81. The first kappa shape index (κ1) is 14.7. The number of hydrogen-bond acceptors (Lipinski definition) is 5. The smallest absolute Gasteiger partial charge is 0.335 e. The molecule has 1 heterocycles. The number of ether oxygens (including phenoxy) is 1. The molecule has 4 nitrogen and oxygen atoms in total. The van der Waals surface area contributed by atoms with Gasteiger partial charge in [0.2, 0.25) is 0 Å². The molecular formula is C13H12ClFN2O2S. The van der Waals surface area contributed by atoms with Gasteiger partial charge in [-0.15, -0.1) is 11.3 Å². The van der Waals surface area contributed by atoms with E-state index < -0.39 is 17.8 Å². The van der Waals surface area contributed by atoms with E-state index in [1.165, 1.54) is 18.3 Å².